The predicted molar refractivity (Wildman–Crippen MR) is 55.8 cm³/mol. The molecule has 0 aliphatic heterocycles. The Hall–Kier alpha value is -1.75. The average molecular weight is 210 g/mol. The summed E-state index contributed by atoms with van der Waals surface area (Å²) in [5.41, 5.74) is 5.41. The van der Waals surface area contributed by atoms with Crippen LogP contribution in [0.15, 0.2) is 18.2 Å². The second kappa shape index (κ2) is 5.21. The van der Waals surface area contributed by atoms with Gasteiger partial charge in [0.15, 0.2) is 0 Å². The third kappa shape index (κ3) is 3.14. The van der Waals surface area contributed by atoms with Crippen LogP contribution in [0.1, 0.15) is 16.8 Å². The molecule has 0 aromatic heterocycles. The number of nitrogens with two attached hydrogens (primary N) is 1. The second-order valence-electron chi connectivity index (χ2n) is 3.10. The Bertz CT molecular complexity index is 353. The first-order valence-electron chi connectivity index (χ1n) is 4.65. The summed E-state index contributed by atoms with van der Waals surface area (Å²) in [4.78, 5) is 11.5. The number of carbonyl (C=O) groups excluding carboxylic acids is 1. The van der Waals surface area contributed by atoms with Gasteiger partial charge in [0.25, 0.3) is 5.91 Å². The van der Waals surface area contributed by atoms with Crippen molar-refractivity contribution in [2.24, 2.45) is 5.73 Å². The highest BCUT2D eigenvalue weighted by Gasteiger charge is 2.10. The third-order valence-electron chi connectivity index (χ3n) is 1.89. The highest BCUT2D eigenvalue weighted by Crippen LogP contribution is 2.22. The van der Waals surface area contributed by atoms with Crippen LogP contribution >= 0.6 is 0 Å². The van der Waals surface area contributed by atoms with Crippen molar-refractivity contribution < 1.29 is 15.0 Å². The number of aromatic hydroxyl groups is 2. The molecule has 0 heterocycles. The molecule has 0 spiro atoms. The van der Waals surface area contributed by atoms with E-state index in [0.717, 1.165) is 6.07 Å². The normalized spacial score (nSPS) is 9.93. The maximum absolute atomic E-state index is 11.5. The van der Waals surface area contributed by atoms with Gasteiger partial charge in [-0.25, -0.2) is 0 Å². The molecule has 0 saturated carbocycles. The maximum atomic E-state index is 11.5. The zero-order valence-electron chi connectivity index (χ0n) is 8.23. The fourth-order valence-corrected chi connectivity index (χ4v) is 1.11. The molecule has 5 nitrogen and oxygen atoms in total. The number of phenols is 2. The molecule has 0 saturated heterocycles. The van der Waals surface area contributed by atoms with Gasteiger partial charge in [-0.15, -0.1) is 0 Å². The van der Waals surface area contributed by atoms with Crippen LogP contribution in [0.5, 0.6) is 11.5 Å². The lowest BCUT2D eigenvalue weighted by Crippen LogP contribution is -2.25. The molecule has 0 aliphatic carbocycles. The van der Waals surface area contributed by atoms with Crippen LogP contribution in [0.3, 0.4) is 0 Å². The molecule has 0 unspecified atom stereocenters. The Morgan fingerprint density at radius 3 is 2.73 bits per heavy atom. The van der Waals surface area contributed by atoms with E-state index in [2.05, 4.69) is 5.32 Å². The van der Waals surface area contributed by atoms with E-state index < -0.39 is 0 Å². The molecule has 1 rings (SSSR count). The Labute approximate surface area is 87.5 Å². The summed E-state index contributed by atoms with van der Waals surface area (Å²) in [6.07, 6.45) is 0.685. The minimum Gasteiger partial charge on any atom is -0.508 e. The van der Waals surface area contributed by atoms with Crippen LogP contribution in [0, 0.1) is 0 Å². The van der Waals surface area contributed by atoms with E-state index in [0.29, 0.717) is 19.5 Å². The van der Waals surface area contributed by atoms with E-state index in [-0.39, 0.29) is 23.0 Å². The van der Waals surface area contributed by atoms with Crippen LogP contribution in [0.4, 0.5) is 0 Å². The first-order chi connectivity index (χ1) is 7.15. The van der Waals surface area contributed by atoms with Crippen molar-refractivity contribution in [2.45, 2.75) is 6.42 Å². The van der Waals surface area contributed by atoms with E-state index in [9.17, 15) is 9.90 Å². The number of hydrogen-bond acceptors (Lipinski definition) is 4. The molecule has 0 fully saturated rings. The molecule has 0 aliphatic rings. The van der Waals surface area contributed by atoms with Gasteiger partial charge in [0.05, 0.1) is 5.56 Å². The van der Waals surface area contributed by atoms with Crippen molar-refractivity contribution in [3.05, 3.63) is 23.8 Å². The van der Waals surface area contributed by atoms with Gasteiger partial charge >= 0.3 is 0 Å². The Morgan fingerprint density at radius 1 is 1.40 bits per heavy atom. The molecule has 5 heteroatoms. The van der Waals surface area contributed by atoms with Gasteiger partial charge in [-0.2, -0.15) is 0 Å². The van der Waals surface area contributed by atoms with Crippen LogP contribution < -0.4 is 11.1 Å². The van der Waals surface area contributed by atoms with Gasteiger partial charge in [-0.05, 0) is 25.1 Å². The lowest BCUT2D eigenvalue weighted by atomic mass is 10.2. The van der Waals surface area contributed by atoms with Crippen LogP contribution in [0.2, 0.25) is 0 Å². The van der Waals surface area contributed by atoms with Gasteiger partial charge in [-0.1, -0.05) is 0 Å². The topological polar surface area (TPSA) is 95.6 Å². The van der Waals surface area contributed by atoms with Crippen molar-refractivity contribution >= 4 is 5.91 Å². The first-order valence-corrected chi connectivity index (χ1v) is 4.65. The fourth-order valence-electron chi connectivity index (χ4n) is 1.11. The van der Waals surface area contributed by atoms with E-state index in [4.69, 9.17) is 10.8 Å². The second-order valence-corrected chi connectivity index (χ2v) is 3.10. The average Bonchev–Trinajstić information content (AvgIpc) is 2.17. The summed E-state index contributed by atoms with van der Waals surface area (Å²) >= 11 is 0. The van der Waals surface area contributed by atoms with Gasteiger partial charge in [-0.3, -0.25) is 4.79 Å². The lowest BCUT2D eigenvalue weighted by molar-refractivity contribution is 0.0951. The highest BCUT2D eigenvalue weighted by molar-refractivity contribution is 5.96. The number of rotatable bonds is 4. The smallest absolute Gasteiger partial charge is 0.255 e. The zero-order valence-corrected chi connectivity index (χ0v) is 8.23. The molecule has 82 valence electrons. The lowest BCUT2D eigenvalue weighted by Gasteiger charge is -2.06. The number of carbonyl (C=O) groups is 1. The zero-order chi connectivity index (χ0) is 11.3. The Morgan fingerprint density at radius 2 is 2.13 bits per heavy atom. The first kappa shape index (κ1) is 11.3. The van der Waals surface area contributed by atoms with E-state index in [1.54, 1.807) is 0 Å². The van der Waals surface area contributed by atoms with Crippen molar-refractivity contribution in [1.29, 1.82) is 0 Å². The van der Waals surface area contributed by atoms with Crippen LogP contribution in [-0.4, -0.2) is 29.2 Å². The summed E-state index contributed by atoms with van der Waals surface area (Å²) in [6.45, 7) is 0.970. The molecule has 5 N–H and O–H groups in total. The number of nitrogens with one attached hydrogen (secondary N) is 1. The quantitative estimate of drug-likeness (QED) is 0.533. The number of amides is 1. The molecular formula is C10H14N2O3. The number of benzene rings is 1. The number of phenolic OH excluding ortho intramolecular Hbond substituents is 2. The molecule has 0 radical (unpaired) electrons. The van der Waals surface area contributed by atoms with E-state index in [1.165, 1.54) is 12.1 Å². The molecule has 1 aromatic carbocycles. The standard InChI is InChI=1S/C10H14N2O3/c11-4-1-5-12-10(15)8-3-2-7(13)6-9(8)14/h2-3,6,13-14H,1,4-5,11H2,(H,12,15). The third-order valence-corrected chi connectivity index (χ3v) is 1.89. The van der Waals surface area contributed by atoms with Gasteiger partial charge in [0, 0.05) is 12.6 Å². The Balaban J connectivity index is 2.65. The largest absolute Gasteiger partial charge is 0.508 e. The molecule has 1 aromatic rings. The van der Waals surface area contributed by atoms with Gasteiger partial charge < -0.3 is 21.3 Å². The summed E-state index contributed by atoms with van der Waals surface area (Å²) in [7, 11) is 0. The molecular weight excluding hydrogens is 196 g/mol. The SMILES string of the molecule is NCCCNC(=O)c1ccc(O)cc1O. The molecule has 0 atom stereocenters. The minimum atomic E-state index is -0.374. The van der Waals surface area contributed by atoms with Crippen LogP contribution in [-0.2, 0) is 0 Å². The Kier molecular flexibility index (Phi) is 3.93. The predicted octanol–water partition coefficient (Wildman–Crippen LogP) is 0.176. The summed E-state index contributed by atoms with van der Waals surface area (Å²) < 4.78 is 0. The summed E-state index contributed by atoms with van der Waals surface area (Å²) in [5.74, 6) is -0.688. The maximum Gasteiger partial charge on any atom is 0.255 e. The van der Waals surface area contributed by atoms with E-state index >= 15 is 0 Å². The van der Waals surface area contributed by atoms with Crippen molar-refractivity contribution in [2.75, 3.05) is 13.1 Å². The molecule has 15 heavy (non-hydrogen) atoms. The van der Waals surface area contributed by atoms with Gasteiger partial charge in [0.2, 0.25) is 0 Å². The van der Waals surface area contributed by atoms with Crippen molar-refractivity contribution in [3.8, 4) is 11.5 Å². The molecule has 0 bridgehead atoms. The van der Waals surface area contributed by atoms with Crippen molar-refractivity contribution in [3.63, 3.8) is 0 Å². The van der Waals surface area contributed by atoms with Crippen LogP contribution in [0.25, 0.3) is 0 Å². The minimum absolute atomic E-state index is 0.0778. The van der Waals surface area contributed by atoms with Crippen molar-refractivity contribution in [1.82, 2.24) is 5.32 Å². The summed E-state index contributed by atoms with van der Waals surface area (Å²) in [5, 5.41) is 21.0. The number of hydrogen-bond donors (Lipinski definition) is 4. The summed E-state index contributed by atoms with van der Waals surface area (Å²) in [6, 6.07) is 3.83. The molecule has 1 amide bonds. The van der Waals surface area contributed by atoms with E-state index in [1.807, 2.05) is 0 Å². The van der Waals surface area contributed by atoms with Gasteiger partial charge in [0.1, 0.15) is 11.5 Å². The highest BCUT2D eigenvalue weighted by atomic mass is 16.3. The monoisotopic (exact) mass is 210 g/mol. The fraction of sp³-hybridized carbons (Fsp3) is 0.300.